The molecule has 33 heavy (non-hydrogen) atoms. The molecule has 3 rings (SSSR count). The second kappa shape index (κ2) is 11.2. The number of halogens is 3. The van der Waals surface area contributed by atoms with Gasteiger partial charge in [-0.2, -0.15) is 13.2 Å². The Hall–Kier alpha value is -3.70. The van der Waals surface area contributed by atoms with Crippen molar-refractivity contribution in [2.45, 2.75) is 45.0 Å². The van der Waals surface area contributed by atoms with Gasteiger partial charge in [-0.1, -0.05) is 13.8 Å². The van der Waals surface area contributed by atoms with Gasteiger partial charge < -0.3 is 14.4 Å². The first kappa shape index (κ1) is 25.6. The molecule has 1 fully saturated rings. The Morgan fingerprint density at radius 3 is 2.45 bits per heavy atom. The van der Waals surface area contributed by atoms with Crippen LogP contribution < -0.4 is 9.64 Å². The predicted molar refractivity (Wildman–Crippen MR) is 115 cm³/mol. The molecule has 1 aromatic heterocycles. The molecular formula is C21H23F3N4O5. The van der Waals surface area contributed by atoms with E-state index in [0.29, 0.717) is 0 Å². The van der Waals surface area contributed by atoms with Gasteiger partial charge in [0.25, 0.3) is 5.69 Å². The monoisotopic (exact) mass is 468 g/mol. The largest absolute Gasteiger partial charge is 0.514 e. The fourth-order valence-electron chi connectivity index (χ4n) is 3.12. The second-order valence-corrected chi connectivity index (χ2v) is 6.73. The highest BCUT2D eigenvalue weighted by Crippen LogP contribution is 2.38. The van der Waals surface area contributed by atoms with Crippen molar-refractivity contribution in [3.63, 3.8) is 0 Å². The van der Waals surface area contributed by atoms with Crippen molar-refractivity contribution in [2.24, 2.45) is 4.99 Å². The van der Waals surface area contributed by atoms with Gasteiger partial charge in [0, 0.05) is 37.2 Å². The van der Waals surface area contributed by atoms with Gasteiger partial charge in [-0.05, 0) is 24.9 Å². The van der Waals surface area contributed by atoms with Crippen LogP contribution in [0.1, 0.15) is 26.7 Å². The standard InChI is InChI=1S/C19H17F3N4O5.C2H6/c1-23-16-6-7-24-10-17(16)25(11-19(20,21)22)13-8-15(9-13)31-18(27)30-14-4-2-12(3-5-14)26(28)29;1-2/h2-7,10,13,15H,1,8-9,11H2;1-2H3. The van der Waals surface area contributed by atoms with Gasteiger partial charge in [-0.3, -0.25) is 20.1 Å². The highest BCUT2D eigenvalue weighted by Gasteiger charge is 2.42. The number of aliphatic imine (C=N–C) groups is 1. The van der Waals surface area contributed by atoms with E-state index in [9.17, 15) is 28.1 Å². The summed E-state index contributed by atoms with van der Waals surface area (Å²) in [4.78, 5) is 30.7. The normalized spacial score (nSPS) is 17.0. The van der Waals surface area contributed by atoms with Gasteiger partial charge >= 0.3 is 12.3 Å². The van der Waals surface area contributed by atoms with Crippen LogP contribution in [0.25, 0.3) is 0 Å². The minimum absolute atomic E-state index is 0.0437. The Morgan fingerprint density at radius 2 is 1.91 bits per heavy atom. The van der Waals surface area contributed by atoms with Gasteiger partial charge in [0.1, 0.15) is 18.4 Å². The van der Waals surface area contributed by atoms with E-state index in [1.54, 1.807) is 0 Å². The quantitative estimate of drug-likeness (QED) is 0.174. The van der Waals surface area contributed by atoms with E-state index in [1.807, 2.05) is 13.8 Å². The number of hydrogen-bond donors (Lipinski definition) is 0. The summed E-state index contributed by atoms with van der Waals surface area (Å²) in [5.41, 5.74) is 0.282. The van der Waals surface area contributed by atoms with E-state index >= 15 is 0 Å². The highest BCUT2D eigenvalue weighted by molar-refractivity contribution is 5.68. The Morgan fingerprint density at radius 1 is 1.27 bits per heavy atom. The molecule has 0 saturated heterocycles. The molecule has 0 radical (unpaired) electrons. The number of ether oxygens (including phenoxy) is 2. The maximum absolute atomic E-state index is 13.1. The minimum atomic E-state index is -4.46. The van der Waals surface area contributed by atoms with Gasteiger partial charge in [0.15, 0.2) is 0 Å². The number of nitro benzene ring substituents is 1. The van der Waals surface area contributed by atoms with Crippen molar-refractivity contribution in [2.75, 3.05) is 11.4 Å². The lowest BCUT2D eigenvalue weighted by Crippen LogP contribution is -2.52. The molecule has 0 unspecified atom stereocenters. The number of carbonyl (C=O) groups is 1. The SMILES string of the molecule is C=Nc1ccncc1N(CC(F)(F)F)C1CC(OC(=O)Oc2ccc([N+](=O)[O-])cc2)C1.CC. The molecule has 9 nitrogen and oxygen atoms in total. The molecule has 1 heterocycles. The number of non-ortho nitro benzene ring substituents is 1. The molecule has 0 amide bonds. The summed E-state index contributed by atoms with van der Waals surface area (Å²) in [6.45, 7) is 6.16. The molecule has 12 heteroatoms. The number of nitrogens with zero attached hydrogens (tertiary/aromatic N) is 4. The van der Waals surface area contributed by atoms with E-state index in [4.69, 9.17) is 9.47 Å². The predicted octanol–water partition coefficient (Wildman–Crippen LogP) is 5.46. The average molecular weight is 468 g/mol. The average Bonchev–Trinajstić information content (AvgIpc) is 2.75. The molecule has 0 bridgehead atoms. The van der Waals surface area contributed by atoms with E-state index in [1.165, 1.54) is 30.6 Å². The molecule has 0 atom stereocenters. The first-order chi connectivity index (χ1) is 15.7. The summed E-state index contributed by atoms with van der Waals surface area (Å²) < 4.78 is 49.4. The van der Waals surface area contributed by atoms with E-state index in [-0.39, 0.29) is 35.7 Å². The Kier molecular flexibility index (Phi) is 8.71. The summed E-state index contributed by atoms with van der Waals surface area (Å²) in [5, 5.41) is 10.6. The second-order valence-electron chi connectivity index (χ2n) is 6.73. The highest BCUT2D eigenvalue weighted by atomic mass is 19.4. The minimum Gasteiger partial charge on any atom is -0.431 e. The fourth-order valence-corrected chi connectivity index (χ4v) is 3.12. The van der Waals surface area contributed by atoms with Crippen molar-refractivity contribution in [1.29, 1.82) is 0 Å². The smallest absolute Gasteiger partial charge is 0.431 e. The molecule has 1 aliphatic rings. The number of pyridine rings is 1. The van der Waals surface area contributed by atoms with Crippen molar-refractivity contribution < 1.29 is 32.4 Å². The third-order valence-corrected chi connectivity index (χ3v) is 4.63. The lowest BCUT2D eigenvalue weighted by atomic mass is 9.87. The lowest BCUT2D eigenvalue weighted by Gasteiger charge is -2.43. The molecule has 0 N–H and O–H groups in total. The summed E-state index contributed by atoms with van der Waals surface area (Å²) >= 11 is 0. The van der Waals surface area contributed by atoms with Crippen LogP contribution in [0.3, 0.4) is 0 Å². The number of carbonyl (C=O) groups excluding carboxylic acids is 1. The van der Waals surface area contributed by atoms with Crippen LogP contribution >= 0.6 is 0 Å². The first-order valence-corrected chi connectivity index (χ1v) is 10.0. The summed E-state index contributed by atoms with van der Waals surface area (Å²) in [5.74, 6) is 0.0437. The number of hydrogen-bond acceptors (Lipinski definition) is 8. The first-order valence-electron chi connectivity index (χ1n) is 10.0. The van der Waals surface area contributed by atoms with Crippen molar-refractivity contribution in [1.82, 2.24) is 4.98 Å². The molecule has 1 aliphatic carbocycles. The van der Waals surface area contributed by atoms with E-state index < -0.39 is 35.9 Å². The summed E-state index contributed by atoms with van der Waals surface area (Å²) in [6, 6.07) is 5.70. The van der Waals surface area contributed by atoms with Gasteiger partial charge in [-0.15, -0.1) is 0 Å². The van der Waals surface area contributed by atoms with Crippen LogP contribution in [0.15, 0.2) is 47.7 Å². The third-order valence-electron chi connectivity index (χ3n) is 4.63. The van der Waals surface area contributed by atoms with Crippen LogP contribution in [-0.2, 0) is 4.74 Å². The van der Waals surface area contributed by atoms with Crippen LogP contribution in [0, 0.1) is 10.1 Å². The van der Waals surface area contributed by atoms with Crippen LogP contribution in [0.2, 0.25) is 0 Å². The zero-order valence-electron chi connectivity index (χ0n) is 18.0. The molecule has 1 aromatic carbocycles. The Balaban J connectivity index is 0.00000187. The van der Waals surface area contributed by atoms with Gasteiger partial charge in [0.05, 0.1) is 22.5 Å². The molecule has 2 aromatic rings. The summed E-state index contributed by atoms with van der Waals surface area (Å²) in [7, 11) is 0. The van der Waals surface area contributed by atoms with E-state index in [0.717, 1.165) is 17.0 Å². The molecular weight excluding hydrogens is 445 g/mol. The Labute approximate surface area is 188 Å². The van der Waals surface area contributed by atoms with Gasteiger partial charge in [0.2, 0.25) is 0 Å². The lowest BCUT2D eigenvalue weighted by molar-refractivity contribution is -0.384. The number of aromatic nitrogens is 1. The number of rotatable bonds is 7. The molecule has 1 saturated carbocycles. The van der Waals surface area contributed by atoms with Crippen molar-refractivity contribution in [3.8, 4) is 5.75 Å². The Bertz CT molecular complexity index is 963. The zero-order chi connectivity index (χ0) is 24.6. The maximum atomic E-state index is 13.1. The number of alkyl halides is 3. The van der Waals surface area contributed by atoms with Crippen LogP contribution in [-0.4, -0.2) is 47.6 Å². The van der Waals surface area contributed by atoms with Gasteiger partial charge in [-0.25, -0.2) is 4.79 Å². The van der Waals surface area contributed by atoms with Crippen LogP contribution in [0.5, 0.6) is 5.75 Å². The summed E-state index contributed by atoms with van der Waals surface area (Å²) in [6.07, 6.45) is -3.16. The number of nitro groups is 1. The molecule has 0 spiro atoms. The fraction of sp³-hybridized carbons (Fsp3) is 0.381. The third kappa shape index (κ3) is 7.16. The van der Waals surface area contributed by atoms with Crippen molar-refractivity contribution >= 4 is 29.9 Å². The van der Waals surface area contributed by atoms with Crippen LogP contribution in [0.4, 0.5) is 35.0 Å². The maximum Gasteiger partial charge on any atom is 0.514 e. The molecule has 178 valence electrons. The zero-order valence-corrected chi connectivity index (χ0v) is 18.0. The van der Waals surface area contributed by atoms with Crippen molar-refractivity contribution in [3.05, 3.63) is 52.8 Å². The topological polar surface area (TPSA) is 107 Å². The number of anilines is 1. The number of benzene rings is 1. The van der Waals surface area contributed by atoms with E-state index in [2.05, 4.69) is 16.7 Å². The molecule has 0 aliphatic heterocycles.